The van der Waals surface area contributed by atoms with Gasteiger partial charge in [0.05, 0.1) is 11.7 Å². The monoisotopic (exact) mass is 275 g/mol. The predicted molar refractivity (Wildman–Crippen MR) is 80.0 cm³/mol. The van der Waals surface area contributed by atoms with Crippen molar-refractivity contribution in [3.8, 4) is 5.75 Å². The lowest BCUT2D eigenvalue weighted by atomic mass is 9.98. The van der Waals surface area contributed by atoms with Crippen LogP contribution in [0.4, 0.5) is 0 Å². The summed E-state index contributed by atoms with van der Waals surface area (Å²) >= 11 is 0. The normalized spacial score (nSPS) is 24.4. The highest BCUT2D eigenvalue weighted by Crippen LogP contribution is 2.43. The van der Waals surface area contributed by atoms with E-state index in [0.29, 0.717) is 6.61 Å². The maximum absolute atomic E-state index is 6.27. The minimum absolute atomic E-state index is 0.210. The van der Waals surface area contributed by atoms with Crippen molar-refractivity contribution in [3.63, 3.8) is 0 Å². The molecule has 1 aromatic carbocycles. The summed E-state index contributed by atoms with van der Waals surface area (Å²) in [6.45, 7) is 1.56. The van der Waals surface area contributed by atoms with Gasteiger partial charge in [0.1, 0.15) is 12.4 Å². The molecule has 1 aliphatic heterocycles. The summed E-state index contributed by atoms with van der Waals surface area (Å²) in [6, 6.07) is 8.30. The molecule has 1 aromatic rings. The number of hydrogen-bond acceptors (Lipinski definition) is 3. The van der Waals surface area contributed by atoms with Crippen molar-refractivity contribution in [2.24, 2.45) is 0 Å². The van der Waals surface area contributed by atoms with Crippen LogP contribution in [0.15, 0.2) is 24.3 Å². The van der Waals surface area contributed by atoms with Crippen LogP contribution < -0.4 is 10.1 Å². The fraction of sp³-hybridized carbons (Fsp3) is 0.647. The summed E-state index contributed by atoms with van der Waals surface area (Å²) in [5, 5.41) is 3.16. The Labute approximate surface area is 121 Å². The molecular weight excluding hydrogens is 250 g/mol. The molecule has 1 saturated carbocycles. The first kappa shape index (κ1) is 13.9. The van der Waals surface area contributed by atoms with Crippen molar-refractivity contribution < 1.29 is 9.47 Å². The summed E-state index contributed by atoms with van der Waals surface area (Å²) in [4.78, 5) is 0. The van der Waals surface area contributed by atoms with Gasteiger partial charge in [-0.25, -0.2) is 0 Å². The average molecular weight is 275 g/mol. The van der Waals surface area contributed by atoms with E-state index in [1.807, 2.05) is 13.1 Å². The van der Waals surface area contributed by atoms with Gasteiger partial charge in [-0.15, -0.1) is 0 Å². The maximum Gasteiger partial charge on any atom is 0.119 e. The van der Waals surface area contributed by atoms with E-state index in [-0.39, 0.29) is 11.7 Å². The number of nitrogens with one attached hydrogen (secondary N) is 1. The summed E-state index contributed by atoms with van der Waals surface area (Å²) in [6.07, 6.45) is 7.82. The van der Waals surface area contributed by atoms with E-state index in [1.165, 1.54) is 37.7 Å². The van der Waals surface area contributed by atoms with Crippen LogP contribution in [0.3, 0.4) is 0 Å². The van der Waals surface area contributed by atoms with Crippen LogP contribution in [0.1, 0.15) is 44.1 Å². The Balaban J connectivity index is 1.51. The third-order valence-electron chi connectivity index (χ3n) is 4.57. The minimum Gasteiger partial charge on any atom is -0.491 e. The van der Waals surface area contributed by atoms with Crippen LogP contribution in [0.2, 0.25) is 0 Å². The zero-order valence-corrected chi connectivity index (χ0v) is 12.4. The minimum atomic E-state index is 0.210. The lowest BCUT2D eigenvalue weighted by Gasteiger charge is -2.23. The molecule has 1 N–H and O–H groups in total. The molecule has 3 rings (SSSR count). The molecule has 1 atom stereocenters. The Kier molecular flexibility index (Phi) is 4.27. The fourth-order valence-electron chi connectivity index (χ4n) is 3.54. The SMILES string of the molecule is CNCc1cccc(OCC2CCC3(CCCC3)O2)c1. The molecular formula is C17H25NO2. The van der Waals surface area contributed by atoms with Crippen molar-refractivity contribution in [2.45, 2.75) is 56.8 Å². The summed E-state index contributed by atoms with van der Waals surface area (Å²) in [5.74, 6) is 0.953. The molecule has 3 heteroatoms. The lowest BCUT2D eigenvalue weighted by molar-refractivity contribution is -0.0508. The van der Waals surface area contributed by atoms with Crippen molar-refractivity contribution in [1.82, 2.24) is 5.32 Å². The summed E-state index contributed by atoms with van der Waals surface area (Å²) in [7, 11) is 1.96. The van der Waals surface area contributed by atoms with E-state index in [2.05, 4.69) is 23.5 Å². The number of benzene rings is 1. The highest BCUT2D eigenvalue weighted by molar-refractivity contribution is 5.28. The second-order valence-corrected chi connectivity index (χ2v) is 6.16. The Morgan fingerprint density at radius 1 is 1.30 bits per heavy atom. The molecule has 0 amide bonds. The van der Waals surface area contributed by atoms with Gasteiger partial charge < -0.3 is 14.8 Å². The van der Waals surface area contributed by atoms with E-state index < -0.39 is 0 Å². The quantitative estimate of drug-likeness (QED) is 0.894. The maximum atomic E-state index is 6.27. The molecule has 1 spiro atoms. The van der Waals surface area contributed by atoms with Crippen LogP contribution in [-0.4, -0.2) is 25.4 Å². The van der Waals surface area contributed by atoms with E-state index >= 15 is 0 Å². The smallest absolute Gasteiger partial charge is 0.119 e. The van der Waals surface area contributed by atoms with E-state index in [1.54, 1.807) is 0 Å². The second-order valence-electron chi connectivity index (χ2n) is 6.16. The zero-order chi connectivity index (χ0) is 13.8. The van der Waals surface area contributed by atoms with Crippen molar-refractivity contribution >= 4 is 0 Å². The van der Waals surface area contributed by atoms with Gasteiger partial charge in [-0.2, -0.15) is 0 Å². The van der Waals surface area contributed by atoms with Crippen LogP contribution in [0, 0.1) is 0 Å². The van der Waals surface area contributed by atoms with Gasteiger partial charge in [0.2, 0.25) is 0 Å². The molecule has 3 nitrogen and oxygen atoms in total. The Morgan fingerprint density at radius 3 is 2.95 bits per heavy atom. The van der Waals surface area contributed by atoms with Gasteiger partial charge in [-0.3, -0.25) is 0 Å². The van der Waals surface area contributed by atoms with Gasteiger partial charge >= 0.3 is 0 Å². The van der Waals surface area contributed by atoms with E-state index in [4.69, 9.17) is 9.47 Å². The molecule has 110 valence electrons. The number of ether oxygens (including phenoxy) is 2. The zero-order valence-electron chi connectivity index (χ0n) is 12.4. The standard InChI is InChI=1S/C17H25NO2/c1-18-12-14-5-4-6-15(11-14)19-13-16-7-10-17(20-16)8-2-3-9-17/h4-6,11,16,18H,2-3,7-10,12-13H2,1H3. The van der Waals surface area contributed by atoms with Crippen LogP contribution in [0.25, 0.3) is 0 Å². The van der Waals surface area contributed by atoms with Crippen LogP contribution in [-0.2, 0) is 11.3 Å². The van der Waals surface area contributed by atoms with Gasteiger partial charge in [0.15, 0.2) is 0 Å². The molecule has 1 aliphatic carbocycles. The van der Waals surface area contributed by atoms with Gasteiger partial charge in [0.25, 0.3) is 0 Å². The van der Waals surface area contributed by atoms with Gasteiger partial charge in [0, 0.05) is 6.54 Å². The molecule has 20 heavy (non-hydrogen) atoms. The van der Waals surface area contributed by atoms with Crippen LogP contribution >= 0.6 is 0 Å². The Hall–Kier alpha value is -1.06. The highest BCUT2D eigenvalue weighted by atomic mass is 16.6. The van der Waals surface area contributed by atoms with Crippen LogP contribution in [0.5, 0.6) is 5.75 Å². The fourth-order valence-corrected chi connectivity index (χ4v) is 3.54. The molecule has 0 aromatic heterocycles. The molecule has 0 radical (unpaired) electrons. The molecule has 1 unspecified atom stereocenters. The number of rotatable bonds is 5. The Morgan fingerprint density at radius 2 is 2.15 bits per heavy atom. The molecule has 0 bridgehead atoms. The first-order chi connectivity index (χ1) is 9.80. The average Bonchev–Trinajstić information content (AvgIpc) is 3.08. The summed E-state index contributed by atoms with van der Waals surface area (Å²) in [5.41, 5.74) is 1.46. The van der Waals surface area contributed by atoms with Gasteiger partial charge in [-0.05, 0) is 50.4 Å². The third-order valence-corrected chi connectivity index (χ3v) is 4.57. The van der Waals surface area contributed by atoms with Crippen molar-refractivity contribution in [3.05, 3.63) is 29.8 Å². The Bertz CT molecular complexity index is 440. The van der Waals surface area contributed by atoms with Gasteiger partial charge in [-0.1, -0.05) is 25.0 Å². The number of hydrogen-bond donors (Lipinski definition) is 1. The topological polar surface area (TPSA) is 30.5 Å². The summed E-state index contributed by atoms with van der Waals surface area (Å²) < 4.78 is 12.2. The molecule has 1 saturated heterocycles. The van der Waals surface area contributed by atoms with E-state index in [0.717, 1.165) is 18.7 Å². The van der Waals surface area contributed by atoms with E-state index in [9.17, 15) is 0 Å². The molecule has 1 heterocycles. The molecule has 2 fully saturated rings. The first-order valence-electron chi connectivity index (χ1n) is 7.84. The first-order valence-corrected chi connectivity index (χ1v) is 7.84. The largest absolute Gasteiger partial charge is 0.491 e. The lowest BCUT2D eigenvalue weighted by Crippen LogP contribution is -2.27. The predicted octanol–water partition coefficient (Wildman–Crippen LogP) is 3.28. The molecule has 2 aliphatic rings. The van der Waals surface area contributed by atoms with Crippen molar-refractivity contribution in [2.75, 3.05) is 13.7 Å². The third kappa shape index (κ3) is 3.15. The second kappa shape index (κ2) is 6.15. The highest BCUT2D eigenvalue weighted by Gasteiger charge is 2.42. The van der Waals surface area contributed by atoms with Crippen molar-refractivity contribution in [1.29, 1.82) is 0 Å².